The van der Waals surface area contributed by atoms with Crippen molar-refractivity contribution in [2.45, 2.75) is 6.54 Å². The highest BCUT2D eigenvalue weighted by Gasteiger charge is 2.14. The number of nitrogens with zero attached hydrogens (tertiary/aromatic N) is 2. The first-order valence-corrected chi connectivity index (χ1v) is 5.01. The fraction of sp³-hybridized carbons (Fsp3) is 0.200. The summed E-state index contributed by atoms with van der Waals surface area (Å²) in [7, 11) is 1.76. The molecule has 0 spiro atoms. The van der Waals surface area contributed by atoms with Gasteiger partial charge in [-0.15, -0.1) is 0 Å². The number of hydrogen-bond acceptors (Lipinski definition) is 4. The van der Waals surface area contributed by atoms with E-state index in [0.29, 0.717) is 12.4 Å². The molecule has 1 aromatic heterocycles. The first-order chi connectivity index (χ1) is 7.72. The molecule has 6 heteroatoms. The second-order valence-electron chi connectivity index (χ2n) is 3.15. The van der Waals surface area contributed by atoms with Crippen LogP contribution < -0.4 is 5.32 Å². The van der Waals surface area contributed by atoms with E-state index in [2.05, 4.69) is 15.5 Å². The standard InChI is InChI=1S/C10H9ClFN3O/c1-13-5-8-14-10(16-15-8)6-3-2-4-7(11)9(6)12/h2-4,13H,5H2,1H3. The minimum Gasteiger partial charge on any atom is -0.334 e. The third-order valence-electron chi connectivity index (χ3n) is 1.98. The predicted molar refractivity (Wildman–Crippen MR) is 57.5 cm³/mol. The molecule has 2 rings (SSSR count). The second-order valence-corrected chi connectivity index (χ2v) is 3.55. The van der Waals surface area contributed by atoms with Gasteiger partial charge >= 0.3 is 0 Å². The number of nitrogens with one attached hydrogen (secondary N) is 1. The Bertz CT molecular complexity index is 501. The highest BCUT2D eigenvalue weighted by atomic mass is 35.5. The van der Waals surface area contributed by atoms with Crippen molar-refractivity contribution in [3.8, 4) is 11.5 Å². The van der Waals surface area contributed by atoms with Crippen LogP contribution in [0.25, 0.3) is 11.5 Å². The summed E-state index contributed by atoms with van der Waals surface area (Å²) < 4.78 is 18.5. The Labute approximate surface area is 96.4 Å². The van der Waals surface area contributed by atoms with Crippen LogP contribution in [0.4, 0.5) is 4.39 Å². The fourth-order valence-corrected chi connectivity index (χ4v) is 1.44. The summed E-state index contributed by atoms with van der Waals surface area (Å²) in [5.74, 6) is 0.0472. The number of rotatable bonds is 3. The van der Waals surface area contributed by atoms with Crippen molar-refractivity contribution < 1.29 is 8.91 Å². The fourth-order valence-electron chi connectivity index (χ4n) is 1.26. The summed E-state index contributed by atoms with van der Waals surface area (Å²) in [6.45, 7) is 0.464. The Morgan fingerprint density at radius 3 is 3.06 bits per heavy atom. The van der Waals surface area contributed by atoms with Crippen molar-refractivity contribution in [2.75, 3.05) is 7.05 Å². The van der Waals surface area contributed by atoms with Gasteiger partial charge < -0.3 is 9.84 Å². The van der Waals surface area contributed by atoms with Crippen molar-refractivity contribution in [2.24, 2.45) is 0 Å². The molecule has 0 saturated heterocycles. The van der Waals surface area contributed by atoms with Gasteiger partial charge in [0.1, 0.15) is 0 Å². The van der Waals surface area contributed by atoms with Crippen LogP contribution in [-0.4, -0.2) is 17.2 Å². The highest BCUT2D eigenvalue weighted by Crippen LogP contribution is 2.26. The molecule has 0 saturated carbocycles. The Balaban J connectivity index is 2.39. The van der Waals surface area contributed by atoms with Gasteiger partial charge in [0.2, 0.25) is 0 Å². The Morgan fingerprint density at radius 1 is 1.50 bits per heavy atom. The van der Waals surface area contributed by atoms with Gasteiger partial charge in [-0.3, -0.25) is 0 Å². The number of hydrogen-bond donors (Lipinski definition) is 1. The molecule has 0 bridgehead atoms. The highest BCUT2D eigenvalue weighted by molar-refractivity contribution is 6.31. The van der Waals surface area contributed by atoms with Gasteiger partial charge in [-0.2, -0.15) is 4.98 Å². The van der Waals surface area contributed by atoms with E-state index < -0.39 is 5.82 Å². The maximum absolute atomic E-state index is 13.6. The summed E-state index contributed by atoms with van der Waals surface area (Å²) in [5, 5.41) is 6.60. The minimum atomic E-state index is -0.552. The van der Waals surface area contributed by atoms with Crippen LogP contribution in [0.3, 0.4) is 0 Å². The van der Waals surface area contributed by atoms with Gasteiger partial charge in [-0.1, -0.05) is 22.8 Å². The molecule has 1 heterocycles. The summed E-state index contributed by atoms with van der Waals surface area (Å²) in [6.07, 6.45) is 0. The zero-order chi connectivity index (χ0) is 11.5. The second kappa shape index (κ2) is 4.59. The van der Waals surface area contributed by atoms with Gasteiger partial charge in [0.05, 0.1) is 17.1 Å². The van der Waals surface area contributed by atoms with Crippen LogP contribution in [0.5, 0.6) is 0 Å². The molecule has 0 aliphatic heterocycles. The molecule has 0 aliphatic rings. The van der Waals surface area contributed by atoms with Crippen LogP contribution in [-0.2, 0) is 6.54 Å². The van der Waals surface area contributed by atoms with E-state index in [0.717, 1.165) is 0 Å². The molecule has 4 nitrogen and oxygen atoms in total. The first-order valence-electron chi connectivity index (χ1n) is 4.64. The average Bonchev–Trinajstić information content (AvgIpc) is 2.71. The lowest BCUT2D eigenvalue weighted by Crippen LogP contribution is -2.06. The quantitative estimate of drug-likeness (QED) is 0.896. The lowest BCUT2D eigenvalue weighted by molar-refractivity contribution is 0.418. The van der Waals surface area contributed by atoms with Crippen molar-refractivity contribution >= 4 is 11.6 Å². The summed E-state index contributed by atoms with van der Waals surface area (Å²) >= 11 is 5.65. The Kier molecular flexibility index (Phi) is 3.17. The van der Waals surface area contributed by atoms with Crippen LogP contribution in [0.2, 0.25) is 5.02 Å². The lowest BCUT2D eigenvalue weighted by Gasteiger charge is -1.97. The predicted octanol–water partition coefficient (Wildman–Crippen LogP) is 2.25. The molecular weight excluding hydrogens is 233 g/mol. The molecule has 0 amide bonds. The van der Waals surface area contributed by atoms with Gasteiger partial charge in [0.25, 0.3) is 5.89 Å². The van der Waals surface area contributed by atoms with Gasteiger partial charge in [0, 0.05) is 0 Å². The van der Waals surface area contributed by atoms with Crippen molar-refractivity contribution in [1.29, 1.82) is 0 Å². The van der Waals surface area contributed by atoms with Gasteiger partial charge in [-0.25, -0.2) is 4.39 Å². The molecule has 0 aliphatic carbocycles. The van der Waals surface area contributed by atoms with E-state index in [9.17, 15) is 4.39 Å². The van der Waals surface area contributed by atoms with Crippen molar-refractivity contribution in [3.63, 3.8) is 0 Å². The number of benzene rings is 1. The summed E-state index contributed by atoms with van der Waals surface area (Å²) in [4.78, 5) is 4.03. The van der Waals surface area contributed by atoms with E-state index >= 15 is 0 Å². The zero-order valence-corrected chi connectivity index (χ0v) is 9.25. The van der Waals surface area contributed by atoms with Crippen LogP contribution in [0, 0.1) is 5.82 Å². The first kappa shape index (κ1) is 11.0. The smallest absolute Gasteiger partial charge is 0.261 e. The molecule has 0 atom stereocenters. The number of aromatic nitrogens is 2. The minimum absolute atomic E-state index is 0.0332. The number of halogens is 2. The maximum Gasteiger partial charge on any atom is 0.261 e. The molecule has 0 fully saturated rings. The topological polar surface area (TPSA) is 51.0 Å². The average molecular weight is 242 g/mol. The van der Waals surface area contributed by atoms with E-state index in [1.54, 1.807) is 13.1 Å². The van der Waals surface area contributed by atoms with E-state index in [1.165, 1.54) is 12.1 Å². The van der Waals surface area contributed by atoms with E-state index in [1.807, 2.05) is 0 Å². The summed E-state index contributed by atoms with van der Waals surface area (Å²) in [5.41, 5.74) is 0.211. The molecule has 0 unspecified atom stereocenters. The monoisotopic (exact) mass is 241 g/mol. The summed E-state index contributed by atoms with van der Waals surface area (Å²) in [6, 6.07) is 4.63. The van der Waals surface area contributed by atoms with Crippen LogP contribution in [0.1, 0.15) is 5.82 Å². The van der Waals surface area contributed by atoms with Crippen LogP contribution in [0.15, 0.2) is 22.7 Å². The van der Waals surface area contributed by atoms with Gasteiger partial charge in [-0.05, 0) is 19.2 Å². The lowest BCUT2D eigenvalue weighted by atomic mass is 10.2. The Morgan fingerprint density at radius 2 is 2.31 bits per heavy atom. The molecule has 0 radical (unpaired) electrons. The molecule has 2 aromatic rings. The van der Waals surface area contributed by atoms with Gasteiger partial charge in [0.15, 0.2) is 11.6 Å². The van der Waals surface area contributed by atoms with E-state index in [4.69, 9.17) is 16.1 Å². The molecule has 84 valence electrons. The third kappa shape index (κ3) is 2.05. The van der Waals surface area contributed by atoms with E-state index in [-0.39, 0.29) is 16.5 Å². The van der Waals surface area contributed by atoms with Crippen molar-refractivity contribution in [1.82, 2.24) is 15.5 Å². The molecule has 1 N–H and O–H groups in total. The SMILES string of the molecule is CNCc1noc(-c2cccc(Cl)c2F)n1. The zero-order valence-electron chi connectivity index (χ0n) is 8.50. The maximum atomic E-state index is 13.6. The van der Waals surface area contributed by atoms with Crippen LogP contribution >= 0.6 is 11.6 Å². The molecule has 1 aromatic carbocycles. The molecule has 16 heavy (non-hydrogen) atoms. The third-order valence-corrected chi connectivity index (χ3v) is 2.28. The van der Waals surface area contributed by atoms with Crippen molar-refractivity contribution in [3.05, 3.63) is 34.9 Å². The molecular formula is C10H9ClFN3O. The largest absolute Gasteiger partial charge is 0.334 e. The normalized spacial score (nSPS) is 10.7. The Hall–Kier alpha value is -1.46.